The average Bonchev–Trinajstić information content (AvgIpc) is 3.20. The Bertz CT molecular complexity index is 878. The highest BCUT2D eigenvalue weighted by atomic mass is 35.5. The van der Waals surface area contributed by atoms with E-state index >= 15 is 0 Å². The first kappa shape index (κ1) is 18.8. The van der Waals surface area contributed by atoms with Gasteiger partial charge in [0.2, 0.25) is 0 Å². The van der Waals surface area contributed by atoms with Crippen LogP contribution in [0.15, 0.2) is 22.0 Å². The number of aliphatic hydroxyl groups is 2. The number of aliphatic hydroxyl groups excluding tert-OH is 2. The summed E-state index contributed by atoms with van der Waals surface area (Å²) in [6.45, 7) is 1.16. The van der Waals surface area contributed by atoms with Gasteiger partial charge in [-0.1, -0.05) is 5.21 Å². The molecule has 1 aliphatic heterocycles. The molecule has 0 saturated carbocycles. The Balaban J connectivity index is 1.91. The van der Waals surface area contributed by atoms with Gasteiger partial charge in [0.25, 0.3) is 5.56 Å². The topological polar surface area (TPSA) is 135 Å². The summed E-state index contributed by atoms with van der Waals surface area (Å²) in [4.78, 5) is 25.8. The molecule has 4 atom stereocenters. The van der Waals surface area contributed by atoms with Crippen LogP contribution in [0.25, 0.3) is 0 Å². The summed E-state index contributed by atoms with van der Waals surface area (Å²) < 4.78 is 8.21. The van der Waals surface area contributed by atoms with E-state index in [0.717, 1.165) is 11.0 Å². The van der Waals surface area contributed by atoms with Crippen molar-refractivity contribution >= 4 is 11.6 Å². The molecule has 26 heavy (non-hydrogen) atoms. The fourth-order valence-corrected chi connectivity index (χ4v) is 3.17. The van der Waals surface area contributed by atoms with E-state index in [2.05, 4.69) is 15.3 Å². The van der Waals surface area contributed by atoms with Crippen LogP contribution in [-0.2, 0) is 11.2 Å². The molecule has 3 heterocycles. The van der Waals surface area contributed by atoms with Crippen LogP contribution in [-0.4, -0.2) is 59.5 Å². The van der Waals surface area contributed by atoms with Crippen LogP contribution in [0, 0.1) is 6.92 Å². The van der Waals surface area contributed by atoms with Crippen LogP contribution in [0.5, 0.6) is 0 Å². The van der Waals surface area contributed by atoms with Crippen molar-refractivity contribution in [1.82, 2.24) is 24.5 Å². The predicted molar refractivity (Wildman–Crippen MR) is 91.2 cm³/mol. The number of hydrogen-bond acceptors (Lipinski definition) is 7. The van der Waals surface area contributed by atoms with Crippen LogP contribution >= 0.6 is 11.6 Å². The van der Waals surface area contributed by atoms with Crippen molar-refractivity contribution in [1.29, 1.82) is 0 Å². The molecule has 0 radical (unpaired) electrons. The molecule has 10 nitrogen and oxygen atoms in total. The Labute approximate surface area is 153 Å². The van der Waals surface area contributed by atoms with Crippen LogP contribution in [0.3, 0.4) is 0 Å². The molecule has 0 unspecified atom stereocenters. The van der Waals surface area contributed by atoms with Crippen LogP contribution in [0.2, 0.25) is 0 Å². The number of aryl methyl sites for hydroxylation is 2. The fourth-order valence-electron chi connectivity index (χ4n) is 3.03. The van der Waals surface area contributed by atoms with Gasteiger partial charge in [-0.05, 0) is 19.8 Å². The van der Waals surface area contributed by atoms with Gasteiger partial charge in [-0.25, -0.2) is 9.48 Å². The van der Waals surface area contributed by atoms with Gasteiger partial charge in [0.15, 0.2) is 6.23 Å². The van der Waals surface area contributed by atoms with E-state index in [1.807, 2.05) is 0 Å². The van der Waals surface area contributed by atoms with Crippen molar-refractivity contribution < 1.29 is 14.9 Å². The Hall–Kier alpha value is -2.01. The fraction of sp³-hybridized carbons (Fsp3) is 0.600. The number of nitrogens with zero attached hydrogens (tertiary/aromatic N) is 4. The second kappa shape index (κ2) is 7.70. The molecule has 0 amide bonds. The van der Waals surface area contributed by atoms with Gasteiger partial charge in [-0.2, -0.15) is 0 Å². The zero-order chi connectivity index (χ0) is 18.8. The minimum Gasteiger partial charge on any atom is -0.394 e. The van der Waals surface area contributed by atoms with Crippen molar-refractivity contribution in [2.45, 2.75) is 44.2 Å². The summed E-state index contributed by atoms with van der Waals surface area (Å²) in [6.07, 6.45) is 1.31. The Morgan fingerprint density at radius 2 is 2.15 bits per heavy atom. The molecular formula is C15H20ClN5O5. The van der Waals surface area contributed by atoms with Crippen molar-refractivity contribution in [2.75, 3.05) is 12.5 Å². The molecule has 3 rings (SSSR count). The zero-order valence-electron chi connectivity index (χ0n) is 14.1. The number of ether oxygens (including phenoxy) is 1. The molecule has 11 heteroatoms. The van der Waals surface area contributed by atoms with Gasteiger partial charge in [0.1, 0.15) is 18.2 Å². The van der Waals surface area contributed by atoms with E-state index in [9.17, 15) is 19.8 Å². The highest BCUT2D eigenvalue weighted by Gasteiger charge is 2.46. The van der Waals surface area contributed by atoms with E-state index in [-0.39, 0.29) is 6.61 Å². The Morgan fingerprint density at radius 1 is 1.38 bits per heavy atom. The van der Waals surface area contributed by atoms with Gasteiger partial charge < -0.3 is 14.9 Å². The number of rotatable bonds is 6. The Morgan fingerprint density at radius 3 is 2.85 bits per heavy atom. The highest BCUT2D eigenvalue weighted by molar-refractivity contribution is 6.17. The maximum atomic E-state index is 12.1. The number of aromatic amines is 1. The normalized spacial score (nSPS) is 25.7. The lowest BCUT2D eigenvalue weighted by Crippen LogP contribution is -2.37. The summed E-state index contributed by atoms with van der Waals surface area (Å²) in [5, 5.41) is 28.4. The zero-order valence-corrected chi connectivity index (χ0v) is 14.8. The third-order valence-electron chi connectivity index (χ3n) is 4.37. The number of aromatic nitrogens is 5. The number of H-pyrrole nitrogens is 1. The molecule has 1 saturated heterocycles. The van der Waals surface area contributed by atoms with Crippen LogP contribution in [0.4, 0.5) is 0 Å². The molecule has 1 fully saturated rings. The lowest BCUT2D eigenvalue weighted by molar-refractivity contribution is -0.0536. The maximum absolute atomic E-state index is 12.1. The Kier molecular flexibility index (Phi) is 5.56. The smallest absolute Gasteiger partial charge is 0.330 e. The average molecular weight is 386 g/mol. The SMILES string of the molecule is Cc1cn([C@@H]2O[C@H](CO)[C@@H](n3cc(CCCCl)nn3)[C@H]2O)c(=O)[nH]c1=O. The quantitative estimate of drug-likeness (QED) is 0.548. The maximum Gasteiger partial charge on any atom is 0.330 e. The molecule has 0 spiro atoms. The van der Waals surface area contributed by atoms with E-state index in [1.54, 1.807) is 6.20 Å². The van der Waals surface area contributed by atoms with Crippen molar-refractivity contribution in [2.24, 2.45) is 0 Å². The summed E-state index contributed by atoms with van der Waals surface area (Å²) in [5.74, 6) is 0.498. The molecule has 3 N–H and O–H groups in total. The van der Waals surface area contributed by atoms with Gasteiger partial charge in [0, 0.05) is 23.8 Å². The first-order valence-electron chi connectivity index (χ1n) is 8.19. The monoisotopic (exact) mass is 385 g/mol. The van der Waals surface area contributed by atoms with Gasteiger partial charge >= 0.3 is 5.69 Å². The highest BCUT2D eigenvalue weighted by Crippen LogP contribution is 2.36. The van der Waals surface area contributed by atoms with Gasteiger partial charge in [0.05, 0.1) is 12.3 Å². The second-order valence-electron chi connectivity index (χ2n) is 6.19. The summed E-state index contributed by atoms with van der Waals surface area (Å²) >= 11 is 5.67. The molecule has 142 valence electrons. The minimum atomic E-state index is -1.18. The van der Waals surface area contributed by atoms with E-state index in [0.29, 0.717) is 23.6 Å². The first-order valence-corrected chi connectivity index (χ1v) is 8.73. The van der Waals surface area contributed by atoms with Crippen LogP contribution in [0.1, 0.15) is 29.9 Å². The number of halogens is 1. The van der Waals surface area contributed by atoms with Gasteiger partial charge in [-0.15, -0.1) is 16.7 Å². The summed E-state index contributed by atoms with van der Waals surface area (Å²) in [5.41, 5.74) is -0.207. The van der Waals surface area contributed by atoms with E-state index in [1.165, 1.54) is 17.8 Å². The summed E-state index contributed by atoms with van der Waals surface area (Å²) in [6, 6.07) is -0.735. The molecular weight excluding hydrogens is 366 g/mol. The predicted octanol–water partition coefficient (Wildman–Crippen LogP) is -0.900. The second-order valence-corrected chi connectivity index (χ2v) is 6.57. The summed E-state index contributed by atoms with van der Waals surface area (Å²) in [7, 11) is 0. The largest absolute Gasteiger partial charge is 0.394 e. The van der Waals surface area contributed by atoms with E-state index in [4.69, 9.17) is 16.3 Å². The molecule has 0 bridgehead atoms. The lowest BCUT2D eigenvalue weighted by Gasteiger charge is -2.19. The third-order valence-corrected chi connectivity index (χ3v) is 4.63. The standard InChI is InChI=1S/C15H20ClN5O5/c1-8-5-20(15(25)17-13(8)24)14-12(23)11(10(7-22)26-14)21-6-9(18-19-21)3-2-4-16/h5-6,10-12,14,22-23H,2-4,7H2,1H3,(H,17,24,25)/t10-,11-,12-,14-/m1/s1. The number of hydrogen-bond donors (Lipinski definition) is 3. The van der Waals surface area contributed by atoms with Crippen LogP contribution < -0.4 is 11.2 Å². The minimum absolute atomic E-state index is 0.300. The van der Waals surface area contributed by atoms with Gasteiger partial charge in [-0.3, -0.25) is 14.3 Å². The van der Waals surface area contributed by atoms with E-state index < -0.39 is 35.7 Å². The molecule has 0 aliphatic carbocycles. The molecule has 2 aromatic heterocycles. The lowest BCUT2D eigenvalue weighted by atomic mass is 10.1. The molecule has 0 aromatic carbocycles. The van der Waals surface area contributed by atoms with Crippen molar-refractivity contribution in [3.05, 3.63) is 44.5 Å². The first-order chi connectivity index (χ1) is 12.5. The molecule has 1 aliphatic rings. The van der Waals surface area contributed by atoms with Crippen molar-refractivity contribution in [3.8, 4) is 0 Å². The third kappa shape index (κ3) is 3.45. The molecule has 2 aromatic rings. The number of nitrogens with one attached hydrogen (secondary N) is 1. The number of alkyl halides is 1. The van der Waals surface area contributed by atoms with Crippen molar-refractivity contribution in [3.63, 3.8) is 0 Å².